The van der Waals surface area contributed by atoms with Crippen molar-refractivity contribution >= 4 is 11.6 Å². The molecule has 1 N–H and O–H groups in total. The highest BCUT2D eigenvalue weighted by atomic mass is 35.5. The number of aliphatic hydroxyl groups is 1. The topological polar surface area (TPSA) is 50.9 Å². The fourth-order valence-corrected chi connectivity index (χ4v) is 2.44. The van der Waals surface area contributed by atoms with E-state index in [2.05, 4.69) is 10.1 Å². The highest BCUT2D eigenvalue weighted by Crippen LogP contribution is 2.28. The number of benzene rings is 2. The molecule has 4 nitrogen and oxygen atoms in total. The molecule has 3 rings (SSSR count). The molecule has 0 amide bonds. The van der Waals surface area contributed by atoms with Crippen molar-refractivity contribution in [2.24, 2.45) is 0 Å². The molecule has 0 bridgehead atoms. The van der Waals surface area contributed by atoms with Gasteiger partial charge in [-0.15, -0.1) is 5.10 Å². The van der Waals surface area contributed by atoms with E-state index in [4.69, 9.17) is 16.7 Å². The Kier molecular flexibility index (Phi) is 3.92. The smallest absolute Gasteiger partial charge is 0.186 e. The summed E-state index contributed by atoms with van der Waals surface area (Å²) in [5, 5.41) is 13.7. The number of aryl methyl sites for hydroxylation is 1. The van der Waals surface area contributed by atoms with Gasteiger partial charge in [0.05, 0.1) is 22.9 Å². The van der Waals surface area contributed by atoms with Gasteiger partial charge in [-0.2, -0.15) is 0 Å². The summed E-state index contributed by atoms with van der Waals surface area (Å²) in [7, 11) is 0. The van der Waals surface area contributed by atoms with Crippen LogP contribution in [-0.4, -0.2) is 19.9 Å². The first-order valence-corrected chi connectivity index (χ1v) is 7.06. The zero-order chi connectivity index (χ0) is 15.7. The van der Waals surface area contributed by atoms with E-state index in [1.165, 1.54) is 6.07 Å². The van der Waals surface area contributed by atoms with E-state index in [1.54, 1.807) is 35.9 Å². The van der Waals surface area contributed by atoms with Gasteiger partial charge in [-0.25, -0.2) is 14.1 Å². The fourth-order valence-electron chi connectivity index (χ4n) is 2.19. The second-order valence-corrected chi connectivity index (χ2v) is 5.22. The second kappa shape index (κ2) is 5.87. The quantitative estimate of drug-likeness (QED) is 0.804. The predicted octanol–water partition coefficient (Wildman–Crippen LogP) is 3.53. The van der Waals surface area contributed by atoms with Crippen molar-refractivity contribution in [2.45, 2.75) is 13.5 Å². The van der Waals surface area contributed by atoms with Crippen LogP contribution in [0.25, 0.3) is 17.1 Å². The molecule has 0 aliphatic rings. The Labute approximate surface area is 131 Å². The maximum Gasteiger partial charge on any atom is 0.186 e. The molecule has 3 aromatic rings. The summed E-state index contributed by atoms with van der Waals surface area (Å²) in [6.45, 7) is 1.76. The van der Waals surface area contributed by atoms with Gasteiger partial charge in [-0.05, 0) is 36.8 Å². The largest absolute Gasteiger partial charge is 0.392 e. The van der Waals surface area contributed by atoms with Gasteiger partial charge in [0.25, 0.3) is 0 Å². The third-order valence-corrected chi connectivity index (χ3v) is 3.63. The molecule has 112 valence electrons. The third-order valence-electron chi connectivity index (χ3n) is 3.32. The molecule has 0 unspecified atom stereocenters. The SMILES string of the molecule is Cc1nc(-c2c(F)cccc2Cl)nn1-c1ccc(CO)cc1. The van der Waals surface area contributed by atoms with E-state index < -0.39 is 5.82 Å². The minimum absolute atomic E-state index is 0.0211. The zero-order valence-electron chi connectivity index (χ0n) is 11.8. The van der Waals surface area contributed by atoms with Crippen LogP contribution in [0, 0.1) is 12.7 Å². The van der Waals surface area contributed by atoms with Crippen LogP contribution in [-0.2, 0) is 6.61 Å². The Balaban J connectivity index is 2.07. The lowest BCUT2D eigenvalue weighted by Crippen LogP contribution is -1.99. The summed E-state index contributed by atoms with van der Waals surface area (Å²) in [6, 6.07) is 11.7. The summed E-state index contributed by atoms with van der Waals surface area (Å²) in [4.78, 5) is 4.30. The number of hydrogen-bond acceptors (Lipinski definition) is 3. The second-order valence-electron chi connectivity index (χ2n) is 4.82. The lowest BCUT2D eigenvalue weighted by atomic mass is 10.2. The first-order chi connectivity index (χ1) is 10.6. The van der Waals surface area contributed by atoms with Crippen molar-refractivity contribution in [3.63, 3.8) is 0 Å². The maximum absolute atomic E-state index is 14.0. The van der Waals surface area contributed by atoms with E-state index in [9.17, 15) is 4.39 Å². The van der Waals surface area contributed by atoms with Crippen molar-refractivity contribution in [3.05, 3.63) is 64.7 Å². The molecule has 0 aliphatic carbocycles. The number of halogens is 2. The Morgan fingerprint density at radius 3 is 2.55 bits per heavy atom. The van der Waals surface area contributed by atoms with Crippen LogP contribution in [0.2, 0.25) is 5.02 Å². The van der Waals surface area contributed by atoms with E-state index >= 15 is 0 Å². The van der Waals surface area contributed by atoms with Gasteiger partial charge in [0.15, 0.2) is 5.82 Å². The average Bonchev–Trinajstić information content (AvgIpc) is 2.89. The third kappa shape index (κ3) is 2.61. The van der Waals surface area contributed by atoms with Crippen LogP contribution < -0.4 is 0 Å². The van der Waals surface area contributed by atoms with Crippen LogP contribution in [0.5, 0.6) is 0 Å². The summed E-state index contributed by atoms with van der Waals surface area (Å²) in [5.74, 6) is 0.401. The van der Waals surface area contributed by atoms with Gasteiger partial charge in [0.2, 0.25) is 0 Å². The standard InChI is InChI=1S/C16H13ClFN3O/c1-10-19-16(15-13(17)3-2-4-14(15)18)20-21(10)12-7-5-11(9-22)6-8-12/h2-8,22H,9H2,1H3. The van der Waals surface area contributed by atoms with Crippen molar-refractivity contribution in [1.29, 1.82) is 0 Å². The van der Waals surface area contributed by atoms with Gasteiger partial charge in [0.1, 0.15) is 11.6 Å². The molecule has 0 fully saturated rings. The van der Waals surface area contributed by atoms with Gasteiger partial charge in [-0.3, -0.25) is 0 Å². The van der Waals surface area contributed by atoms with Gasteiger partial charge in [0, 0.05) is 0 Å². The van der Waals surface area contributed by atoms with E-state index in [1.807, 2.05) is 12.1 Å². The lowest BCUT2D eigenvalue weighted by molar-refractivity contribution is 0.282. The molecule has 2 aromatic carbocycles. The maximum atomic E-state index is 14.0. The number of rotatable bonds is 3. The van der Waals surface area contributed by atoms with Crippen molar-refractivity contribution in [2.75, 3.05) is 0 Å². The molecule has 0 aliphatic heterocycles. The van der Waals surface area contributed by atoms with E-state index in [0.29, 0.717) is 5.82 Å². The number of aromatic nitrogens is 3. The van der Waals surface area contributed by atoms with Crippen molar-refractivity contribution in [1.82, 2.24) is 14.8 Å². The molecule has 0 spiro atoms. The van der Waals surface area contributed by atoms with Crippen LogP contribution in [0.4, 0.5) is 4.39 Å². The van der Waals surface area contributed by atoms with Gasteiger partial charge >= 0.3 is 0 Å². The molecule has 0 atom stereocenters. The van der Waals surface area contributed by atoms with Gasteiger partial charge < -0.3 is 5.11 Å². The first kappa shape index (κ1) is 14.7. The highest BCUT2D eigenvalue weighted by Gasteiger charge is 2.16. The fraction of sp³-hybridized carbons (Fsp3) is 0.125. The Morgan fingerprint density at radius 2 is 1.91 bits per heavy atom. The number of nitrogens with zero attached hydrogens (tertiary/aromatic N) is 3. The number of aliphatic hydroxyl groups excluding tert-OH is 1. The molecule has 1 heterocycles. The molecular weight excluding hydrogens is 305 g/mol. The summed E-state index contributed by atoms with van der Waals surface area (Å²) in [5.41, 5.74) is 1.78. The normalized spacial score (nSPS) is 10.9. The van der Waals surface area contributed by atoms with Crippen molar-refractivity contribution in [3.8, 4) is 17.1 Å². The average molecular weight is 318 g/mol. The Morgan fingerprint density at radius 1 is 1.18 bits per heavy atom. The number of hydrogen-bond donors (Lipinski definition) is 1. The zero-order valence-corrected chi connectivity index (χ0v) is 12.5. The highest BCUT2D eigenvalue weighted by molar-refractivity contribution is 6.33. The van der Waals surface area contributed by atoms with Gasteiger partial charge in [-0.1, -0.05) is 29.8 Å². The molecule has 22 heavy (non-hydrogen) atoms. The van der Waals surface area contributed by atoms with Crippen molar-refractivity contribution < 1.29 is 9.50 Å². The summed E-state index contributed by atoms with van der Waals surface area (Å²) in [6.07, 6.45) is 0. The van der Waals surface area contributed by atoms with Crippen LogP contribution in [0.1, 0.15) is 11.4 Å². The molecule has 0 radical (unpaired) electrons. The summed E-state index contributed by atoms with van der Waals surface area (Å²) < 4.78 is 15.6. The molecule has 0 saturated carbocycles. The summed E-state index contributed by atoms with van der Waals surface area (Å²) >= 11 is 6.05. The van der Waals surface area contributed by atoms with Crippen LogP contribution in [0.3, 0.4) is 0 Å². The molecule has 1 aromatic heterocycles. The predicted molar refractivity (Wildman–Crippen MR) is 82.4 cm³/mol. The molecular formula is C16H13ClFN3O. The Bertz CT molecular complexity index is 795. The van der Waals surface area contributed by atoms with E-state index in [0.717, 1.165) is 11.3 Å². The molecule has 0 saturated heterocycles. The first-order valence-electron chi connectivity index (χ1n) is 6.68. The minimum Gasteiger partial charge on any atom is -0.392 e. The van der Waals surface area contributed by atoms with Crippen LogP contribution in [0.15, 0.2) is 42.5 Å². The van der Waals surface area contributed by atoms with E-state index in [-0.39, 0.29) is 23.0 Å². The molecule has 6 heteroatoms. The Hall–Kier alpha value is -2.24. The van der Waals surface area contributed by atoms with Crippen LogP contribution >= 0.6 is 11.6 Å². The lowest BCUT2D eigenvalue weighted by Gasteiger charge is -2.04. The monoisotopic (exact) mass is 317 g/mol. The minimum atomic E-state index is -0.458.